The lowest BCUT2D eigenvalue weighted by molar-refractivity contribution is -0.136. The molecule has 0 aromatic heterocycles. The number of hydrogen-bond donors (Lipinski definition) is 1. The van der Waals surface area contributed by atoms with Gasteiger partial charge in [-0.3, -0.25) is 4.79 Å². The highest BCUT2D eigenvalue weighted by atomic mass is 16.6. The molecule has 180 valence electrons. The molecule has 34 heavy (non-hydrogen) atoms. The number of hydrogen-bond acceptors (Lipinski definition) is 5. The van der Waals surface area contributed by atoms with Crippen LogP contribution in [0, 0.1) is 16.7 Å². The third-order valence-corrected chi connectivity index (χ3v) is 6.29. The number of rotatable bonds is 6. The number of nitrogens with two attached hydrogens (primary N) is 1. The summed E-state index contributed by atoms with van der Waals surface area (Å²) < 4.78 is 5.65. The van der Waals surface area contributed by atoms with Gasteiger partial charge in [-0.2, -0.15) is 5.26 Å². The van der Waals surface area contributed by atoms with E-state index in [0.717, 1.165) is 11.1 Å². The number of nitriles is 1. The van der Waals surface area contributed by atoms with E-state index in [9.17, 15) is 9.59 Å². The summed E-state index contributed by atoms with van der Waals surface area (Å²) in [6.45, 7) is 7.55. The lowest BCUT2D eigenvalue weighted by atomic mass is 9.86. The highest BCUT2D eigenvalue weighted by Crippen LogP contribution is 2.24. The zero-order valence-electron chi connectivity index (χ0n) is 20.2. The minimum atomic E-state index is -0.561. The Balaban J connectivity index is 1.69. The Bertz CT molecular complexity index is 1000. The number of likely N-dealkylation sites (tertiary alicyclic amines) is 1. The molecule has 1 aliphatic rings. The molecule has 1 fully saturated rings. The Morgan fingerprint density at radius 3 is 2.26 bits per heavy atom. The van der Waals surface area contributed by atoms with Gasteiger partial charge in [0.25, 0.3) is 0 Å². The highest BCUT2D eigenvalue weighted by molar-refractivity contribution is 5.82. The van der Waals surface area contributed by atoms with Crippen LogP contribution in [0.1, 0.15) is 50.3 Å². The first kappa shape index (κ1) is 25.3. The summed E-state index contributed by atoms with van der Waals surface area (Å²) in [5.74, 6) is -0.0451. The van der Waals surface area contributed by atoms with E-state index >= 15 is 0 Å². The third kappa shape index (κ3) is 6.58. The van der Waals surface area contributed by atoms with E-state index in [2.05, 4.69) is 6.07 Å². The van der Waals surface area contributed by atoms with Gasteiger partial charge in [0.15, 0.2) is 0 Å². The lowest BCUT2D eigenvalue weighted by Gasteiger charge is -2.40. The van der Waals surface area contributed by atoms with Crippen LogP contribution >= 0.6 is 0 Å². The maximum atomic E-state index is 13.1. The Morgan fingerprint density at radius 2 is 1.71 bits per heavy atom. The first-order chi connectivity index (χ1) is 16.2. The van der Waals surface area contributed by atoms with E-state index in [1.807, 2.05) is 68.1 Å². The van der Waals surface area contributed by atoms with Crippen molar-refractivity contribution in [1.82, 2.24) is 9.80 Å². The number of nitrogens with zero attached hydrogens (tertiary/aromatic N) is 3. The van der Waals surface area contributed by atoms with Gasteiger partial charge in [-0.25, -0.2) is 4.79 Å². The summed E-state index contributed by atoms with van der Waals surface area (Å²) >= 11 is 0. The lowest BCUT2D eigenvalue weighted by Crippen LogP contribution is -2.54. The maximum Gasteiger partial charge on any atom is 0.410 e. The van der Waals surface area contributed by atoms with Gasteiger partial charge in [0.1, 0.15) is 6.61 Å². The summed E-state index contributed by atoms with van der Waals surface area (Å²) in [4.78, 5) is 29.5. The van der Waals surface area contributed by atoms with E-state index in [-0.39, 0.29) is 30.1 Å². The molecule has 0 spiro atoms. The van der Waals surface area contributed by atoms with Gasteiger partial charge in [-0.1, -0.05) is 63.2 Å². The fourth-order valence-electron chi connectivity index (χ4n) is 3.99. The molecule has 2 N–H and O–H groups in total. The Hall–Kier alpha value is -3.37. The average molecular weight is 463 g/mol. The number of carbonyl (C=O) groups is 2. The van der Waals surface area contributed by atoms with Crippen molar-refractivity contribution in [2.24, 2.45) is 11.1 Å². The van der Waals surface area contributed by atoms with Crippen LogP contribution in [0.3, 0.4) is 0 Å². The van der Waals surface area contributed by atoms with Crippen molar-refractivity contribution >= 4 is 12.0 Å². The Kier molecular flexibility index (Phi) is 8.30. The van der Waals surface area contributed by atoms with Crippen molar-refractivity contribution in [1.29, 1.82) is 5.26 Å². The Morgan fingerprint density at radius 1 is 1.09 bits per heavy atom. The summed E-state index contributed by atoms with van der Waals surface area (Å²) in [5.41, 5.74) is 8.30. The SMILES string of the molecule is CC(C)(C)[C@H](N)C(=O)N1CCC(N(Cc2ccc(C#N)cc2)C(=O)OCc2ccccc2)CC1. The zero-order chi connectivity index (χ0) is 24.7. The standard InChI is InChI=1S/C27H34N4O3/c1-27(2,3)24(29)25(32)30-15-13-23(14-16-30)31(18-21-11-9-20(17-28)10-12-21)26(33)34-19-22-7-5-4-6-8-22/h4-12,23-24H,13-16,18-19,29H2,1-3H3/t24-/m1/s1. The van der Waals surface area contributed by atoms with Crippen LogP contribution in [-0.2, 0) is 22.7 Å². The van der Waals surface area contributed by atoms with Crippen LogP contribution in [-0.4, -0.2) is 47.0 Å². The van der Waals surface area contributed by atoms with E-state index in [0.29, 0.717) is 38.0 Å². The highest BCUT2D eigenvalue weighted by Gasteiger charge is 2.35. The maximum absolute atomic E-state index is 13.1. The van der Waals surface area contributed by atoms with Crippen molar-refractivity contribution < 1.29 is 14.3 Å². The fourth-order valence-corrected chi connectivity index (χ4v) is 3.99. The molecule has 7 nitrogen and oxygen atoms in total. The second kappa shape index (κ2) is 11.2. The number of benzene rings is 2. The third-order valence-electron chi connectivity index (χ3n) is 6.29. The van der Waals surface area contributed by atoms with Crippen LogP contribution in [0.5, 0.6) is 0 Å². The molecular formula is C27H34N4O3. The molecule has 1 atom stereocenters. The summed E-state index contributed by atoms with van der Waals surface area (Å²) in [6.07, 6.45) is 0.919. The van der Waals surface area contributed by atoms with Gasteiger partial charge in [-0.05, 0) is 41.5 Å². The van der Waals surface area contributed by atoms with Crippen LogP contribution in [0.15, 0.2) is 54.6 Å². The Labute approximate surface area is 202 Å². The smallest absolute Gasteiger partial charge is 0.410 e. The van der Waals surface area contributed by atoms with E-state index < -0.39 is 6.04 Å². The molecule has 2 aromatic rings. The van der Waals surface area contributed by atoms with Gasteiger partial charge in [0, 0.05) is 25.7 Å². The minimum absolute atomic E-state index is 0.0451. The predicted molar refractivity (Wildman–Crippen MR) is 130 cm³/mol. The first-order valence-corrected chi connectivity index (χ1v) is 11.7. The van der Waals surface area contributed by atoms with E-state index in [1.165, 1.54) is 0 Å². The normalized spacial score (nSPS) is 15.3. The molecule has 7 heteroatoms. The second-order valence-corrected chi connectivity index (χ2v) is 9.88. The van der Waals surface area contributed by atoms with Gasteiger partial charge in [0.05, 0.1) is 17.7 Å². The van der Waals surface area contributed by atoms with E-state index in [4.69, 9.17) is 15.7 Å². The molecule has 2 amide bonds. The van der Waals surface area contributed by atoms with Crippen molar-refractivity contribution in [3.63, 3.8) is 0 Å². The van der Waals surface area contributed by atoms with Crippen LogP contribution in [0.2, 0.25) is 0 Å². The molecule has 2 aromatic carbocycles. The molecule has 0 bridgehead atoms. The monoisotopic (exact) mass is 462 g/mol. The topological polar surface area (TPSA) is 99.7 Å². The molecular weight excluding hydrogens is 428 g/mol. The summed E-state index contributed by atoms with van der Waals surface area (Å²) in [7, 11) is 0. The summed E-state index contributed by atoms with van der Waals surface area (Å²) in [5, 5.41) is 9.06. The summed E-state index contributed by atoms with van der Waals surface area (Å²) in [6, 6.07) is 18.3. The first-order valence-electron chi connectivity index (χ1n) is 11.7. The molecule has 1 heterocycles. The number of carbonyl (C=O) groups excluding carboxylic acids is 2. The van der Waals surface area contributed by atoms with Crippen LogP contribution < -0.4 is 5.73 Å². The number of ether oxygens (including phenoxy) is 1. The molecule has 0 saturated carbocycles. The number of amides is 2. The van der Waals surface area contributed by atoms with Crippen molar-refractivity contribution in [3.8, 4) is 6.07 Å². The largest absolute Gasteiger partial charge is 0.445 e. The van der Waals surface area contributed by atoms with Crippen molar-refractivity contribution in [2.45, 2.75) is 58.8 Å². The average Bonchev–Trinajstić information content (AvgIpc) is 2.85. The quantitative estimate of drug-likeness (QED) is 0.698. The van der Waals surface area contributed by atoms with Gasteiger partial charge in [-0.15, -0.1) is 0 Å². The minimum Gasteiger partial charge on any atom is -0.445 e. The second-order valence-electron chi connectivity index (χ2n) is 9.88. The molecule has 0 unspecified atom stereocenters. The zero-order valence-corrected chi connectivity index (χ0v) is 20.2. The molecule has 1 aliphatic heterocycles. The fraction of sp³-hybridized carbons (Fsp3) is 0.444. The van der Waals surface area contributed by atoms with Crippen LogP contribution in [0.4, 0.5) is 4.79 Å². The molecule has 0 radical (unpaired) electrons. The van der Waals surface area contributed by atoms with E-state index in [1.54, 1.807) is 17.0 Å². The van der Waals surface area contributed by atoms with Gasteiger partial charge >= 0.3 is 6.09 Å². The predicted octanol–water partition coefficient (Wildman–Crippen LogP) is 4.06. The molecule has 0 aliphatic carbocycles. The van der Waals surface area contributed by atoms with Crippen molar-refractivity contribution in [3.05, 3.63) is 71.3 Å². The molecule has 1 saturated heterocycles. The van der Waals surface area contributed by atoms with Gasteiger partial charge < -0.3 is 20.3 Å². The van der Waals surface area contributed by atoms with Crippen LogP contribution in [0.25, 0.3) is 0 Å². The molecule has 3 rings (SSSR count). The van der Waals surface area contributed by atoms with Crippen molar-refractivity contribution in [2.75, 3.05) is 13.1 Å². The van der Waals surface area contributed by atoms with Gasteiger partial charge in [0.2, 0.25) is 5.91 Å². The number of piperidine rings is 1.